The van der Waals surface area contributed by atoms with Gasteiger partial charge in [-0.15, -0.1) is 0 Å². The average Bonchev–Trinajstić information content (AvgIpc) is 3.11. The zero-order valence-electron chi connectivity index (χ0n) is 12.5. The highest BCUT2D eigenvalue weighted by atomic mass is 16.6. The van der Waals surface area contributed by atoms with Gasteiger partial charge in [0.15, 0.2) is 0 Å². The number of rotatable bonds is 3. The van der Waals surface area contributed by atoms with Crippen molar-refractivity contribution in [2.75, 3.05) is 18.6 Å². The number of carbonyl (C=O) groups is 2. The van der Waals surface area contributed by atoms with Crippen molar-refractivity contribution < 1.29 is 23.5 Å². The van der Waals surface area contributed by atoms with E-state index in [0.29, 0.717) is 17.2 Å². The van der Waals surface area contributed by atoms with Crippen molar-refractivity contribution in [2.24, 2.45) is 0 Å². The van der Waals surface area contributed by atoms with E-state index < -0.39 is 12.1 Å². The highest BCUT2D eigenvalue weighted by Gasteiger charge is 2.33. The van der Waals surface area contributed by atoms with Crippen LogP contribution in [0, 0.1) is 0 Å². The van der Waals surface area contributed by atoms with Crippen LogP contribution >= 0.6 is 0 Å². The Balaban J connectivity index is 1.87. The Labute approximate surface area is 132 Å². The summed E-state index contributed by atoms with van der Waals surface area (Å²) in [6.45, 7) is 0.0883. The van der Waals surface area contributed by atoms with E-state index in [1.807, 2.05) is 0 Å². The van der Waals surface area contributed by atoms with E-state index in [9.17, 15) is 9.59 Å². The zero-order chi connectivity index (χ0) is 16.2. The van der Waals surface area contributed by atoms with Crippen LogP contribution in [0.4, 0.5) is 5.69 Å². The van der Waals surface area contributed by atoms with Crippen LogP contribution in [0.3, 0.4) is 0 Å². The molecule has 1 aromatic carbocycles. The van der Waals surface area contributed by atoms with Crippen LogP contribution in [0.15, 0.2) is 53.2 Å². The fraction of sp³-hybridized carbons (Fsp3) is 0.176. The van der Waals surface area contributed by atoms with Crippen LogP contribution in [0.25, 0.3) is 6.08 Å². The molecule has 1 aliphatic rings. The molecular formula is C17H15NO5. The summed E-state index contributed by atoms with van der Waals surface area (Å²) in [4.78, 5) is 25.8. The van der Waals surface area contributed by atoms with Crippen LogP contribution in [-0.4, -0.2) is 31.6 Å². The number of hydrogen-bond acceptors (Lipinski definition) is 5. The molecule has 3 rings (SSSR count). The van der Waals surface area contributed by atoms with E-state index in [1.54, 1.807) is 42.5 Å². The fourth-order valence-corrected chi connectivity index (χ4v) is 2.33. The SMILES string of the molecule is COC(=O)[C@@H]1CN(C(=O)/C=C\c2ccco2)c2ccccc2O1. The number of ether oxygens (including phenoxy) is 2. The second-order valence-electron chi connectivity index (χ2n) is 4.89. The molecule has 118 valence electrons. The van der Waals surface area contributed by atoms with Gasteiger partial charge in [-0.2, -0.15) is 0 Å². The molecule has 23 heavy (non-hydrogen) atoms. The second-order valence-corrected chi connectivity index (χ2v) is 4.89. The lowest BCUT2D eigenvalue weighted by atomic mass is 10.2. The molecule has 2 aromatic rings. The highest BCUT2D eigenvalue weighted by Crippen LogP contribution is 2.33. The molecule has 6 heteroatoms. The predicted octanol–water partition coefficient (Wildman–Crippen LogP) is 2.26. The molecule has 0 N–H and O–H groups in total. The molecule has 0 unspecified atom stereocenters. The fourth-order valence-electron chi connectivity index (χ4n) is 2.33. The van der Waals surface area contributed by atoms with Crippen molar-refractivity contribution in [3.05, 3.63) is 54.5 Å². The van der Waals surface area contributed by atoms with Crippen molar-refractivity contribution in [1.29, 1.82) is 0 Å². The molecule has 2 heterocycles. The van der Waals surface area contributed by atoms with Gasteiger partial charge in [0.1, 0.15) is 11.5 Å². The van der Waals surface area contributed by atoms with Gasteiger partial charge in [0.05, 0.1) is 25.6 Å². The first-order chi connectivity index (χ1) is 11.2. The van der Waals surface area contributed by atoms with Crippen molar-refractivity contribution in [3.63, 3.8) is 0 Å². The number of para-hydroxylation sites is 2. The second kappa shape index (κ2) is 6.39. The van der Waals surface area contributed by atoms with Gasteiger partial charge in [0.25, 0.3) is 5.91 Å². The van der Waals surface area contributed by atoms with Gasteiger partial charge in [0.2, 0.25) is 6.10 Å². The van der Waals surface area contributed by atoms with Crippen LogP contribution in [0.2, 0.25) is 0 Å². The molecule has 1 atom stereocenters. The normalized spacial score (nSPS) is 16.7. The maximum Gasteiger partial charge on any atom is 0.348 e. The number of furan rings is 1. The van der Waals surface area contributed by atoms with Gasteiger partial charge in [-0.05, 0) is 30.3 Å². The van der Waals surface area contributed by atoms with Crippen molar-refractivity contribution in [2.45, 2.75) is 6.10 Å². The third kappa shape index (κ3) is 3.11. The maximum atomic E-state index is 12.5. The zero-order valence-corrected chi connectivity index (χ0v) is 12.5. The number of hydrogen-bond donors (Lipinski definition) is 0. The summed E-state index contributed by atoms with van der Waals surface area (Å²) in [6, 6.07) is 10.5. The number of esters is 1. The summed E-state index contributed by atoms with van der Waals surface area (Å²) in [7, 11) is 1.29. The van der Waals surface area contributed by atoms with E-state index >= 15 is 0 Å². The third-order valence-electron chi connectivity index (χ3n) is 3.44. The van der Waals surface area contributed by atoms with E-state index in [2.05, 4.69) is 0 Å². The van der Waals surface area contributed by atoms with Crippen LogP contribution in [0.5, 0.6) is 5.75 Å². The number of amides is 1. The first kappa shape index (κ1) is 14.9. The Kier molecular flexibility index (Phi) is 4.14. The number of nitrogens with zero attached hydrogens (tertiary/aromatic N) is 1. The van der Waals surface area contributed by atoms with Gasteiger partial charge in [0, 0.05) is 6.08 Å². The molecule has 1 aliphatic heterocycles. The van der Waals surface area contributed by atoms with E-state index in [1.165, 1.54) is 24.3 Å². The summed E-state index contributed by atoms with van der Waals surface area (Å²) in [5, 5.41) is 0. The number of benzene rings is 1. The number of anilines is 1. The first-order valence-corrected chi connectivity index (χ1v) is 7.05. The number of carbonyl (C=O) groups excluding carboxylic acids is 2. The Morgan fingerprint density at radius 1 is 1.26 bits per heavy atom. The molecule has 0 saturated heterocycles. The minimum absolute atomic E-state index is 0.0883. The molecule has 0 aliphatic carbocycles. The highest BCUT2D eigenvalue weighted by molar-refractivity contribution is 6.05. The molecule has 0 saturated carbocycles. The Hall–Kier alpha value is -3.02. The number of methoxy groups -OCH3 is 1. The standard InChI is InChI=1S/C17H15NO5/c1-21-17(20)15-11-18(13-6-2-3-7-14(13)23-15)16(19)9-8-12-5-4-10-22-12/h2-10,15H,11H2,1H3/b9-8-/t15-/m0/s1. The van der Waals surface area contributed by atoms with Gasteiger partial charge in [-0.3, -0.25) is 4.79 Å². The molecule has 0 fully saturated rings. The summed E-state index contributed by atoms with van der Waals surface area (Å²) in [5.41, 5.74) is 0.613. The minimum Gasteiger partial charge on any atom is -0.475 e. The van der Waals surface area contributed by atoms with Crippen LogP contribution in [-0.2, 0) is 14.3 Å². The lowest BCUT2D eigenvalue weighted by molar-refractivity contribution is -0.148. The molecule has 1 aromatic heterocycles. The van der Waals surface area contributed by atoms with E-state index in [-0.39, 0.29) is 12.5 Å². The quantitative estimate of drug-likeness (QED) is 0.642. The molecule has 1 amide bonds. The van der Waals surface area contributed by atoms with Crippen LogP contribution < -0.4 is 9.64 Å². The molecule has 0 radical (unpaired) electrons. The molecular weight excluding hydrogens is 298 g/mol. The smallest absolute Gasteiger partial charge is 0.348 e. The van der Waals surface area contributed by atoms with Crippen LogP contribution in [0.1, 0.15) is 5.76 Å². The summed E-state index contributed by atoms with van der Waals surface area (Å²) >= 11 is 0. The lowest BCUT2D eigenvalue weighted by Crippen LogP contribution is -2.47. The van der Waals surface area contributed by atoms with Crippen molar-refractivity contribution in [1.82, 2.24) is 0 Å². The Morgan fingerprint density at radius 3 is 2.83 bits per heavy atom. The largest absolute Gasteiger partial charge is 0.475 e. The molecule has 0 bridgehead atoms. The van der Waals surface area contributed by atoms with Gasteiger partial charge >= 0.3 is 5.97 Å². The summed E-state index contributed by atoms with van der Waals surface area (Å²) in [6.07, 6.45) is 3.65. The third-order valence-corrected chi connectivity index (χ3v) is 3.44. The first-order valence-electron chi connectivity index (χ1n) is 7.05. The summed E-state index contributed by atoms with van der Waals surface area (Å²) < 4.78 is 15.5. The predicted molar refractivity (Wildman–Crippen MR) is 83.0 cm³/mol. The maximum absolute atomic E-state index is 12.5. The van der Waals surface area contributed by atoms with E-state index in [0.717, 1.165) is 0 Å². The number of fused-ring (bicyclic) bond motifs is 1. The topological polar surface area (TPSA) is 69.0 Å². The van der Waals surface area contributed by atoms with Gasteiger partial charge < -0.3 is 18.8 Å². The lowest BCUT2D eigenvalue weighted by Gasteiger charge is -2.32. The van der Waals surface area contributed by atoms with Gasteiger partial charge in [-0.1, -0.05) is 12.1 Å². The minimum atomic E-state index is -0.851. The van der Waals surface area contributed by atoms with Gasteiger partial charge in [-0.25, -0.2) is 4.79 Å². The van der Waals surface area contributed by atoms with Crippen molar-refractivity contribution >= 4 is 23.6 Å². The van der Waals surface area contributed by atoms with Crippen molar-refractivity contribution in [3.8, 4) is 5.75 Å². The molecule has 6 nitrogen and oxygen atoms in total. The monoisotopic (exact) mass is 313 g/mol. The Bertz CT molecular complexity index is 735. The van der Waals surface area contributed by atoms with E-state index in [4.69, 9.17) is 13.9 Å². The molecule has 0 spiro atoms. The summed E-state index contributed by atoms with van der Waals surface area (Å²) in [5.74, 6) is 0.247. The Morgan fingerprint density at radius 2 is 2.09 bits per heavy atom. The average molecular weight is 313 g/mol.